The van der Waals surface area contributed by atoms with Gasteiger partial charge in [0, 0.05) is 11.7 Å². The monoisotopic (exact) mass is 195 g/mol. The predicted octanol–water partition coefficient (Wildman–Crippen LogP) is 3.71. The van der Waals surface area contributed by atoms with E-state index in [-0.39, 0.29) is 0 Å². The SMILES string of the molecule is C=C(CC(C)(C)C)NC(C)CC1CC1. The van der Waals surface area contributed by atoms with Crippen LogP contribution in [0.5, 0.6) is 0 Å². The van der Waals surface area contributed by atoms with Gasteiger partial charge in [0.15, 0.2) is 0 Å². The van der Waals surface area contributed by atoms with E-state index in [1.165, 1.54) is 25.0 Å². The molecule has 1 nitrogen and oxygen atoms in total. The zero-order valence-electron chi connectivity index (χ0n) is 10.2. The Bertz CT molecular complexity index is 196. The van der Waals surface area contributed by atoms with E-state index in [1.54, 1.807) is 0 Å². The van der Waals surface area contributed by atoms with Gasteiger partial charge in [-0.3, -0.25) is 0 Å². The Kier molecular flexibility index (Phi) is 3.63. The van der Waals surface area contributed by atoms with Crippen LogP contribution in [0.1, 0.15) is 53.4 Å². The van der Waals surface area contributed by atoms with Crippen LogP contribution in [0, 0.1) is 11.3 Å². The fraction of sp³-hybridized carbons (Fsp3) is 0.846. The maximum Gasteiger partial charge on any atom is 0.0232 e. The maximum atomic E-state index is 4.10. The third-order valence-corrected chi connectivity index (χ3v) is 2.58. The standard InChI is InChI=1S/C13H25N/c1-10(8-12-6-7-12)14-11(2)9-13(3,4)5/h10,12,14H,2,6-9H2,1,3-5H3. The second kappa shape index (κ2) is 4.37. The van der Waals surface area contributed by atoms with Crippen LogP contribution in [0.25, 0.3) is 0 Å². The molecule has 0 spiro atoms. The van der Waals surface area contributed by atoms with Crippen molar-refractivity contribution in [3.8, 4) is 0 Å². The molecule has 1 unspecified atom stereocenters. The summed E-state index contributed by atoms with van der Waals surface area (Å²) >= 11 is 0. The third kappa shape index (κ3) is 5.31. The van der Waals surface area contributed by atoms with Crippen LogP contribution >= 0.6 is 0 Å². The van der Waals surface area contributed by atoms with E-state index >= 15 is 0 Å². The summed E-state index contributed by atoms with van der Waals surface area (Å²) in [5.41, 5.74) is 1.55. The van der Waals surface area contributed by atoms with Gasteiger partial charge in [0.25, 0.3) is 0 Å². The van der Waals surface area contributed by atoms with Gasteiger partial charge in [0.05, 0.1) is 0 Å². The molecule has 0 aromatic heterocycles. The summed E-state index contributed by atoms with van der Waals surface area (Å²) in [7, 11) is 0. The van der Waals surface area contributed by atoms with Crippen LogP contribution in [-0.4, -0.2) is 6.04 Å². The quantitative estimate of drug-likeness (QED) is 0.705. The Morgan fingerprint density at radius 3 is 2.43 bits per heavy atom. The van der Waals surface area contributed by atoms with Gasteiger partial charge < -0.3 is 5.32 Å². The smallest absolute Gasteiger partial charge is 0.0232 e. The molecule has 0 amide bonds. The minimum atomic E-state index is 0.351. The van der Waals surface area contributed by atoms with E-state index in [2.05, 4.69) is 39.6 Å². The van der Waals surface area contributed by atoms with Gasteiger partial charge in [-0.1, -0.05) is 40.2 Å². The van der Waals surface area contributed by atoms with E-state index in [4.69, 9.17) is 0 Å². The average molecular weight is 195 g/mol. The molecule has 1 N–H and O–H groups in total. The number of nitrogens with one attached hydrogen (secondary N) is 1. The van der Waals surface area contributed by atoms with Crippen LogP contribution in [0.15, 0.2) is 12.3 Å². The molecule has 1 aliphatic carbocycles. The van der Waals surface area contributed by atoms with Gasteiger partial charge in [-0.15, -0.1) is 0 Å². The minimum absolute atomic E-state index is 0.351. The van der Waals surface area contributed by atoms with Crippen LogP contribution in [0.2, 0.25) is 0 Å². The summed E-state index contributed by atoms with van der Waals surface area (Å²) in [4.78, 5) is 0. The molecule has 0 heterocycles. The lowest BCUT2D eigenvalue weighted by Crippen LogP contribution is -2.27. The van der Waals surface area contributed by atoms with Crippen molar-refractivity contribution in [2.75, 3.05) is 0 Å². The lowest BCUT2D eigenvalue weighted by Gasteiger charge is -2.23. The van der Waals surface area contributed by atoms with Crippen molar-refractivity contribution in [2.45, 2.75) is 59.4 Å². The maximum absolute atomic E-state index is 4.10. The number of hydrogen-bond acceptors (Lipinski definition) is 1. The summed E-state index contributed by atoms with van der Waals surface area (Å²) < 4.78 is 0. The predicted molar refractivity (Wildman–Crippen MR) is 63.2 cm³/mol. The van der Waals surface area contributed by atoms with Gasteiger partial charge in [-0.2, -0.15) is 0 Å². The van der Waals surface area contributed by atoms with Crippen molar-refractivity contribution >= 4 is 0 Å². The first kappa shape index (κ1) is 11.6. The molecule has 1 rings (SSSR count). The first-order valence-electron chi connectivity index (χ1n) is 5.81. The Labute approximate surface area is 89.0 Å². The van der Waals surface area contributed by atoms with Crippen molar-refractivity contribution in [3.05, 3.63) is 12.3 Å². The van der Waals surface area contributed by atoms with Gasteiger partial charge in [-0.25, -0.2) is 0 Å². The van der Waals surface area contributed by atoms with Gasteiger partial charge in [-0.05, 0) is 31.1 Å². The van der Waals surface area contributed by atoms with Crippen LogP contribution in [0.4, 0.5) is 0 Å². The summed E-state index contributed by atoms with van der Waals surface area (Å²) in [6.45, 7) is 13.1. The Morgan fingerprint density at radius 1 is 1.43 bits per heavy atom. The molecule has 0 aliphatic heterocycles. The van der Waals surface area contributed by atoms with E-state index in [1.807, 2.05) is 0 Å². The first-order chi connectivity index (χ1) is 6.37. The molecule has 0 aromatic carbocycles. The first-order valence-corrected chi connectivity index (χ1v) is 5.81. The molecule has 0 saturated heterocycles. The fourth-order valence-corrected chi connectivity index (χ4v) is 1.95. The molecule has 1 heteroatoms. The summed E-state index contributed by atoms with van der Waals surface area (Å²) in [6.07, 6.45) is 5.28. The summed E-state index contributed by atoms with van der Waals surface area (Å²) in [6, 6.07) is 0.609. The second-order valence-corrected chi connectivity index (χ2v) is 6.07. The van der Waals surface area contributed by atoms with Crippen molar-refractivity contribution in [1.82, 2.24) is 5.32 Å². The molecule has 1 aliphatic rings. The molecular weight excluding hydrogens is 170 g/mol. The number of hydrogen-bond donors (Lipinski definition) is 1. The molecule has 14 heavy (non-hydrogen) atoms. The molecule has 0 bridgehead atoms. The Balaban J connectivity index is 2.18. The van der Waals surface area contributed by atoms with E-state index < -0.39 is 0 Å². The fourth-order valence-electron chi connectivity index (χ4n) is 1.95. The van der Waals surface area contributed by atoms with E-state index in [0.29, 0.717) is 11.5 Å². The largest absolute Gasteiger partial charge is 0.386 e. The highest BCUT2D eigenvalue weighted by atomic mass is 14.9. The Morgan fingerprint density at radius 2 is 2.00 bits per heavy atom. The highest BCUT2D eigenvalue weighted by molar-refractivity contribution is 4.97. The van der Waals surface area contributed by atoms with Gasteiger partial charge >= 0.3 is 0 Å². The lowest BCUT2D eigenvalue weighted by molar-refractivity contribution is 0.388. The lowest BCUT2D eigenvalue weighted by atomic mass is 9.90. The minimum Gasteiger partial charge on any atom is -0.386 e. The van der Waals surface area contributed by atoms with Gasteiger partial charge in [0.1, 0.15) is 0 Å². The molecule has 1 fully saturated rings. The van der Waals surface area contributed by atoms with Gasteiger partial charge in [0.2, 0.25) is 0 Å². The van der Waals surface area contributed by atoms with Crippen molar-refractivity contribution in [1.29, 1.82) is 0 Å². The third-order valence-electron chi connectivity index (χ3n) is 2.58. The number of allylic oxidation sites excluding steroid dienone is 1. The molecular formula is C13H25N. The molecule has 82 valence electrons. The van der Waals surface area contributed by atoms with Crippen LogP contribution in [0.3, 0.4) is 0 Å². The average Bonchev–Trinajstić information content (AvgIpc) is 2.64. The highest BCUT2D eigenvalue weighted by Gasteiger charge is 2.23. The van der Waals surface area contributed by atoms with Crippen LogP contribution in [-0.2, 0) is 0 Å². The number of rotatable bonds is 5. The second-order valence-electron chi connectivity index (χ2n) is 6.07. The van der Waals surface area contributed by atoms with Crippen molar-refractivity contribution < 1.29 is 0 Å². The summed E-state index contributed by atoms with van der Waals surface area (Å²) in [5, 5.41) is 3.51. The van der Waals surface area contributed by atoms with Crippen molar-refractivity contribution in [3.63, 3.8) is 0 Å². The Hall–Kier alpha value is -0.460. The van der Waals surface area contributed by atoms with Crippen molar-refractivity contribution in [2.24, 2.45) is 11.3 Å². The topological polar surface area (TPSA) is 12.0 Å². The molecule has 1 atom stereocenters. The highest BCUT2D eigenvalue weighted by Crippen LogP contribution is 2.33. The molecule has 1 saturated carbocycles. The molecule has 0 radical (unpaired) electrons. The van der Waals surface area contributed by atoms with E-state index in [0.717, 1.165) is 12.3 Å². The zero-order valence-corrected chi connectivity index (χ0v) is 10.2. The summed E-state index contributed by atoms with van der Waals surface area (Å²) in [5.74, 6) is 1.000. The van der Waals surface area contributed by atoms with Crippen LogP contribution < -0.4 is 5.32 Å². The normalized spacial score (nSPS) is 19.1. The molecule has 0 aromatic rings. The van der Waals surface area contributed by atoms with E-state index in [9.17, 15) is 0 Å². The zero-order chi connectivity index (χ0) is 10.8.